The molecule has 3 aromatic rings. The Hall–Kier alpha value is -1.97. The molecule has 0 fully saturated rings. The third-order valence-electron chi connectivity index (χ3n) is 4.20. The van der Waals surface area contributed by atoms with Crippen molar-refractivity contribution in [2.45, 2.75) is 11.0 Å². The van der Waals surface area contributed by atoms with E-state index in [1.165, 1.54) is 11.1 Å². The van der Waals surface area contributed by atoms with Gasteiger partial charge in [-0.15, -0.1) is 0 Å². The number of fused-ring (bicyclic) bond motifs is 1. The second kappa shape index (κ2) is 6.15. The van der Waals surface area contributed by atoms with Crippen LogP contribution in [0.15, 0.2) is 83.9 Å². The van der Waals surface area contributed by atoms with Gasteiger partial charge in [-0.05, 0) is 18.6 Å². The van der Waals surface area contributed by atoms with E-state index in [0.717, 1.165) is 21.9 Å². The van der Waals surface area contributed by atoms with Crippen LogP contribution >= 0.6 is 24.4 Å². The molecule has 24 heavy (non-hydrogen) atoms. The second-order valence-electron chi connectivity index (χ2n) is 5.91. The zero-order chi connectivity index (χ0) is 16.6. The second-order valence-corrected chi connectivity index (χ2v) is 8.09. The summed E-state index contributed by atoms with van der Waals surface area (Å²) in [6.07, 6.45) is 0. The molecule has 0 radical (unpaired) electrons. The minimum atomic E-state index is -0.445. The lowest BCUT2D eigenvalue weighted by Crippen LogP contribution is -2.22. The largest absolute Gasteiger partial charge is 0.241 e. The van der Waals surface area contributed by atoms with Crippen molar-refractivity contribution >= 4 is 35.1 Å². The molecule has 3 heteroatoms. The van der Waals surface area contributed by atoms with Gasteiger partial charge in [0.25, 0.3) is 0 Å². The summed E-state index contributed by atoms with van der Waals surface area (Å²) in [6, 6.07) is 27.2. The van der Waals surface area contributed by atoms with E-state index in [9.17, 15) is 0 Å². The van der Waals surface area contributed by atoms with Crippen molar-refractivity contribution in [1.29, 1.82) is 0 Å². The lowest BCUT2D eigenvalue weighted by molar-refractivity contribution is 1.08. The molecule has 0 saturated heterocycles. The maximum atomic E-state index is 5.13. The van der Waals surface area contributed by atoms with Crippen molar-refractivity contribution in [1.82, 2.24) is 0 Å². The molecule has 1 heterocycles. The molecule has 118 valence electrons. The van der Waals surface area contributed by atoms with Crippen LogP contribution in [-0.4, -0.2) is 5.04 Å². The van der Waals surface area contributed by atoms with E-state index in [2.05, 4.69) is 73.7 Å². The van der Waals surface area contributed by atoms with Crippen LogP contribution in [0.25, 0.3) is 0 Å². The third-order valence-corrected chi connectivity index (χ3v) is 6.24. The lowest BCUT2D eigenvalue weighted by atomic mass is 10.0. The third kappa shape index (κ3) is 2.68. The number of nitrogens with zero attached hydrogens (tertiary/aromatic N) is 1. The number of para-hydroxylation sites is 1. The summed E-state index contributed by atoms with van der Waals surface area (Å²) in [6.45, 7) is 2.10. The molecule has 1 unspecified atom stereocenters. The molecule has 0 bridgehead atoms. The summed E-state index contributed by atoms with van der Waals surface area (Å²) >= 11 is 6.83. The molecule has 0 saturated carbocycles. The van der Waals surface area contributed by atoms with Crippen molar-refractivity contribution in [2.75, 3.05) is 0 Å². The number of aryl methyl sites for hydroxylation is 1. The average molecular weight is 348 g/mol. The summed E-state index contributed by atoms with van der Waals surface area (Å²) in [5.41, 5.74) is 5.69. The molecule has 0 spiro atoms. The SMILES string of the molecule is Cc1ccc(C2=Nc3ccccc3C(S)(c3ccccc3)S2)cc1. The van der Waals surface area contributed by atoms with Gasteiger partial charge in [-0.25, -0.2) is 4.99 Å². The van der Waals surface area contributed by atoms with E-state index in [1.807, 2.05) is 12.1 Å². The molecule has 1 aliphatic rings. The number of aliphatic imine (C=N–C) groups is 1. The number of thiol groups is 1. The normalized spacial score (nSPS) is 19.5. The van der Waals surface area contributed by atoms with E-state index in [-0.39, 0.29) is 0 Å². The van der Waals surface area contributed by atoms with Gasteiger partial charge >= 0.3 is 0 Å². The van der Waals surface area contributed by atoms with Crippen LogP contribution in [0.5, 0.6) is 0 Å². The van der Waals surface area contributed by atoms with Gasteiger partial charge in [0.15, 0.2) is 0 Å². The Morgan fingerprint density at radius 1 is 0.833 bits per heavy atom. The predicted molar refractivity (Wildman–Crippen MR) is 108 cm³/mol. The fourth-order valence-corrected chi connectivity index (χ4v) is 4.69. The number of hydrogen-bond acceptors (Lipinski definition) is 3. The number of hydrogen-bond donors (Lipinski definition) is 1. The highest BCUT2D eigenvalue weighted by atomic mass is 32.2. The topological polar surface area (TPSA) is 12.4 Å². The van der Waals surface area contributed by atoms with Crippen molar-refractivity contribution in [3.05, 3.63) is 101 Å². The van der Waals surface area contributed by atoms with Crippen molar-refractivity contribution in [3.63, 3.8) is 0 Å². The van der Waals surface area contributed by atoms with Gasteiger partial charge in [0.05, 0.1) is 5.69 Å². The van der Waals surface area contributed by atoms with Crippen LogP contribution in [0.4, 0.5) is 5.69 Å². The first-order chi connectivity index (χ1) is 11.7. The van der Waals surface area contributed by atoms with Crippen molar-refractivity contribution < 1.29 is 0 Å². The average Bonchev–Trinajstić information content (AvgIpc) is 2.63. The van der Waals surface area contributed by atoms with Crippen LogP contribution in [0, 0.1) is 6.92 Å². The number of thioether (sulfide) groups is 1. The number of benzene rings is 3. The zero-order valence-electron chi connectivity index (χ0n) is 13.3. The fourth-order valence-electron chi connectivity index (χ4n) is 2.88. The van der Waals surface area contributed by atoms with Gasteiger partial charge in [0.2, 0.25) is 0 Å². The quantitative estimate of drug-likeness (QED) is 0.565. The molecule has 0 N–H and O–H groups in total. The van der Waals surface area contributed by atoms with Crippen molar-refractivity contribution in [3.8, 4) is 0 Å². The highest BCUT2D eigenvalue weighted by Gasteiger charge is 2.38. The summed E-state index contributed by atoms with van der Waals surface area (Å²) in [5.74, 6) is 0. The van der Waals surface area contributed by atoms with Crippen LogP contribution in [0.2, 0.25) is 0 Å². The standard InChI is InChI=1S/C21H17NS2/c1-15-11-13-16(14-12-15)20-22-19-10-6-5-9-18(19)21(23,24-20)17-7-3-2-4-8-17/h2-14,23H,1H3. The van der Waals surface area contributed by atoms with Gasteiger partial charge in [-0.1, -0.05) is 90.1 Å². The Morgan fingerprint density at radius 3 is 2.25 bits per heavy atom. The fraction of sp³-hybridized carbons (Fsp3) is 0.0952. The molecule has 1 nitrogen and oxygen atoms in total. The monoisotopic (exact) mass is 347 g/mol. The maximum Gasteiger partial charge on any atom is 0.117 e. The summed E-state index contributed by atoms with van der Waals surface area (Å²) in [4.78, 5) is 4.90. The molecule has 1 atom stereocenters. The molecule has 1 aliphatic heterocycles. The Labute approximate surface area is 152 Å². The van der Waals surface area contributed by atoms with E-state index in [4.69, 9.17) is 17.6 Å². The van der Waals surface area contributed by atoms with Crippen LogP contribution < -0.4 is 0 Å². The first kappa shape index (κ1) is 15.6. The summed E-state index contributed by atoms with van der Waals surface area (Å²) in [5, 5.41) is 1.01. The van der Waals surface area contributed by atoms with Crippen molar-refractivity contribution in [2.24, 2.45) is 4.99 Å². The van der Waals surface area contributed by atoms with Crippen LogP contribution in [0.3, 0.4) is 0 Å². The van der Waals surface area contributed by atoms with Crippen LogP contribution in [-0.2, 0) is 4.08 Å². The molecular formula is C21H17NS2. The zero-order valence-corrected chi connectivity index (χ0v) is 15.0. The van der Waals surface area contributed by atoms with Crippen LogP contribution in [0.1, 0.15) is 22.3 Å². The molecule has 0 aliphatic carbocycles. The molecular weight excluding hydrogens is 330 g/mol. The highest BCUT2D eigenvalue weighted by molar-refractivity contribution is 8.22. The smallest absolute Gasteiger partial charge is 0.117 e. The van der Waals surface area contributed by atoms with Gasteiger partial charge in [0, 0.05) is 11.1 Å². The Kier molecular flexibility index (Phi) is 3.99. The van der Waals surface area contributed by atoms with E-state index >= 15 is 0 Å². The first-order valence-corrected chi connectivity index (χ1v) is 9.15. The minimum absolute atomic E-state index is 0.445. The Bertz CT molecular complexity index is 901. The van der Waals surface area contributed by atoms with E-state index < -0.39 is 4.08 Å². The molecule has 0 aromatic heterocycles. The highest BCUT2D eigenvalue weighted by Crippen LogP contribution is 2.53. The molecule has 0 amide bonds. The lowest BCUT2D eigenvalue weighted by Gasteiger charge is -2.34. The van der Waals surface area contributed by atoms with Gasteiger partial charge < -0.3 is 0 Å². The van der Waals surface area contributed by atoms with Gasteiger partial charge in [-0.2, -0.15) is 12.6 Å². The summed E-state index contributed by atoms with van der Waals surface area (Å²) in [7, 11) is 0. The minimum Gasteiger partial charge on any atom is -0.241 e. The van der Waals surface area contributed by atoms with E-state index in [1.54, 1.807) is 11.8 Å². The Morgan fingerprint density at radius 2 is 1.50 bits per heavy atom. The molecule has 3 aromatic carbocycles. The predicted octanol–water partition coefficient (Wildman–Crippen LogP) is 5.95. The van der Waals surface area contributed by atoms with Gasteiger partial charge in [0.1, 0.15) is 9.12 Å². The Balaban J connectivity index is 1.88. The number of rotatable bonds is 2. The van der Waals surface area contributed by atoms with E-state index in [0.29, 0.717) is 0 Å². The molecule has 4 rings (SSSR count). The first-order valence-electron chi connectivity index (χ1n) is 7.89. The van der Waals surface area contributed by atoms with Gasteiger partial charge in [-0.3, -0.25) is 0 Å². The maximum absolute atomic E-state index is 5.13. The summed E-state index contributed by atoms with van der Waals surface area (Å²) < 4.78 is -0.445.